The minimum absolute atomic E-state index is 0.443. The molecule has 0 saturated carbocycles. The standard InChI is InChI=1S/C10H9Cl2N3/c1-7-4-2-3-5-8(7)9-6-10(11)14-15(12)13-9/h2-6,14H,1H3. The van der Waals surface area contributed by atoms with Crippen LogP contribution in [0.4, 0.5) is 0 Å². The summed E-state index contributed by atoms with van der Waals surface area (Å²) in [7, 11) is 0. The van der Waals surface area contributed by atoms with E-state index in [0.717, 1.165) is 21.5 Å². The Morgan fingerprint density at radius 2 is 2.07 bits per heavy atom. The van der Waals surface area contributed by atoms with Crippen molar-refractivity contribution in [1.29, 1.82) is 0 Å². The summed E-state index contributed by atoms with van der Waals surface area (Å²) >= 11 is 11.6. The molecule has 1 aromatic carbocycles. The molecule has 3 nitrogen and oxygen atoms in total. The average Bonchev–Trinajstić information content (AvgIpc) is 2.16. The Morgan fingerprint density at radius 3 is 2.73 bits per heavy atom. The number of benzene rings is 1. The first-order valence-electron chi connectivity index (χ1n) is 4.41. The second-order valence-electron chi connectivity index (χ2n) is 3.16. The topological polar surface area (TPSA) is 27.6 Å². The number of hydrogen-bond acceptors (Lipinski definition) is 3. The summed E-state index contributed by atoms with van der Waals surface area (Å²) in [5, 5.41) is 4.55. The largest absolute Gasteiger partial charge is 0.256 e. The number of nitrogens with zero attached hydrogens (tertiary/aromatic N) is 2. The van der Waals surface area contributed by atoms with Gasteiger partial charge in [-0.15, -0.1) is 9.74 Å². The molecular formula is C10H9Cl2N3. The minimum atomic E-state index is 0.443. The Balaban J connectivity index is 2.44. The van der Waals surface area contributed by atoms with Gasteiger partial charge in [-0.05, 0) is 12.5 Å². The van der Waals surface area contributed by atoms with E-state index in [1.54, 1.807) is 6.08 Å². The summed E-state index contributed by atoms with van der Waals surface area (Å²) in [5.74, 6) is 0. The minimum Gasteiger partial charge on any atom is -0.256 e. The molecule has 0 saturated heterocycles. The van der Waals surface area contributed by atoms with Crippen LogP contribution in [-0.4, -0.2) is 10.3 Å². The maximum atomic E-state index is 5.85. The summed E-state index contributed by atoms with van der Waals surface area (Å²) in [4.78, 5) is 0. The second kappa shape index (κ2) is 4.13. The van der Waals surface area contributed by atoms with Crippen LogP contribution >= 0.6 is 23.4 Å². The Bertz CT molecular complexity index is 440. The van der Waals surface area contributed by atoms with Gasteiger partial charge in [0.1, 0.15) is 5.16 Å². The number of allylic oxidation sites excluding steroid dienone is 1. The molecule has 1 aliphatic rings. The van der Waals surface area contributed by atoms with Crippen molar-refractivity contribution in [2.45, 2.75) is 6.92 Å². The molecule has 78 valence electrons. The van der Waals surface area contributed by atoms with Gasteiger partial charge in [-0.3, -0.25) is 5.43 Å². The molecule has 0 radical (unpaired) electrons. The molecule has 1 aromatic rings. The van der Waals surface area contributed by atoms with E-state index in [4.69, 9.17) is 23.4 Å². The van der Waals surface area contributed by atoms with Crippen molar-refractivity contribution >= 4 is 29.1 Å². The first kappa shape index (κ1) is 10.3. The van der Waals surface area contributed by atoms with Crippen molar-refractivity contribution in [3.05, 3.63) is 46.6 Å². The molecule has 0 spiro atoms. The summed E-state index contributed by atoms with van der Waals surface area (Å²) in [6, 6.07) is 7.92. The van der Waals surface area contributed by atoms with Crippen molar-refractivity contribution in [2.75, 3.05) is 0 Å². The van der Waals surface area contributed by atoms with Gasteiger partial charge in [0.05, 0.1) is 17.5 Å². The van der Waals surface area contributed by atoms with Crippen LogP contribution < -0.4 is 5.43 Å². The van der Waals surface area contributed by atoms with Gasteiger partial charge in [-0.2, -0.15) is 0 Å². The van der Waals surface area contributed by atoms with Gasteiger partial charge in [0.25, 0.3) is 0 Å². The quantitative estimate of drug-likeness (QED) is 0.605. The lowest BCUT2D eigenvalue weighted by molar-refractivity contribution is 0.405. The zero-order valence-corrected chi connectivity index (χ0v) is 9.55. The van der Waals surface area contributed by atoms with E-state index in [2.05, 4.69) is 10.5 Å². The normalized spacial score (nSPS) is 15.5. The number of aryl methyl sites for hydroxylation is 1. The summed E-state index contributed by atoms with van der Waals surface area (Å²) in [6.07, 6.45) is 1.74. The van der Waals surface area contributed by atoms with Crippen molar-refractivity contribution in [3.63, 3.8) is 0 Å². The van der Waals surface area contributed by atoms with E-state index in [9.17, 15) is 0 Å². The molecule has 15 heavy (non-hydrogen) atoms. The van der Waals surface area contributed by atoms with Crippen LogP contribution in [-0.2, 0) is 0 Å². The highest BCUT2D eigenvalue weighted by Gasteiger charge is 2.12. The smallest absolute Gasteiger partial charge is 0.125 e. The van der Waals surface area contributed by atoms with Gasteiger partial charge < -0.3 is 0 Å². The van der Waals surface area contributed by atoms with Crippen molar-refractivity contribution < 1.29 is 0 Å². The van der Waals surface area contributed by atoms with Gasteiger partial charge in [-0.25, -0.2) is 0 Å². The van der Waals surface area contributed by atoms with Crippen molar-refractivity contribution in [3.8, 4) is 0 Å². The molecule has 0 unspecified atom stereocenters. The fourth-order valence-corrected chi connectivity index (χ4v) is 1.78. The fraction of sp³-hybridized carbons (Fsp3) is 0.100. The van der Waals surface area contributed by atoms with Gasteiger partial charge >= 0.3 is 0 Å². The Hall–Kier alpha value is -1.19. The Morgan fingerprint density at radius 1 is 1.33 bits per heavy atom. The fourth-order valence-electron chi connectivity index (χ4n) is 1.38. The number of rotatable bonds is 1. The van der Waals surface area contributed by atoms with Crippen LogP contribution in [0, 0.1) is 6.92 Å². The van der Waals surface area contributed by atoms with Crippen molar-refractivity contribution in [2.24, 2.45) is 5.10 Å². The van der Waals surface area contributed by atoms with Gasteiger partial charge in [-0.1, -0.05) is 35.9 Å². The molecule has 1 N–H and O–H groups in total. The highest BCUT2D eigenvalue weighted by Crippen LogP contribution is 2.16. The van der Waals surface area contributed by atoms with Crippen LogP contribution in [0.2, 0.25) is 0 Å². The predicted octanol–water partition coefficient (Wildman–Crippen LogP) is 2.75. The lowest BCUT2D eigenvalue weighted by Gasteiger charge is -2.18. The molecule has 1 aliphatic heterocycles. The molecule has 0 bridgehead atoms. The third-order valence-electron chi connectivity index (χ3n) is 2.08. The maximum Gasteiger partial charge on any atom is 0.125 e. The summed E-state index contributed by atoms with van der Waals surface area (Å²) < 4.78 is 1.07. The molecule has 1 heterocycles. The highest BCUT2D eigenvalue weighted by molar-refractivity contribution is 6.32. The summed E-state index contributed by atoms with van der Waals surface area (Å²) in [6.45, 7) is 2.01. The number of hydrazine groups is 1. The molecule has 0 fully saturated rings. The van der Waals surface area contributed by atoms with E-state index in [1.165, 1.54) is 0 Å². The van der Waals surface area contributed by atoms with Gasteiger partial charge in [0.15, 0.2) is 0 Å². The summed E-state index contributed by atoms with van der Waals surface area (Å²) in [5.41, 5.74) is 5.52. The lowest BCUT2D eigenvalue weighted by atomic mass is 10.0. The van der Waals surface area contributed by atoms with Crippen LogP contribution in [0.25, 0.3) is 0 Å². The number of nitrogens with one attached hydrogen (secondary N) is 1. The average molecular weight is 242 g/mol. The first-order chi connectivity index (χ1) is 7.16. The maximum absolute atomic E-state index is 5.85. The van der Waals surface area contributed by atoms with Crippen molar-refractivity contribution in [1.82, 2.24) is 10.1 Å². The number of hydrazone groups is 1. The van der Waals surface area contributed by atoms with Crippen LogP contribution in [0.5, 0.6) is 0 Å². The zero-order valence-electron chi connectivity index (χ0n) is 8.04. The third-order valence-corrected chi connectivity index (χ3v) is 2.43. The second-order valence-corrected chi connectivity index (χ2v) is 3.89. The van der Waals surface area contributed by atoms with Crippen LogP contribution in [0.3, 0.4) is 0 Å². The molecule has 5 heteroatoms. The number of halogens is 2. The van der Waals surface area contributed by atoms with E-state index < -0.39 is 0 Å². The Labute approximate surface area is 98.1 Å². The zero-order chi connectivity index (χ0) is 10.8. The molecule has 0 aromatic heterocycles. The number of hydrogen-bond donors (Lipinski definition) is 1. The molecule has 0 aliphatic carbocycles. The van der Waals surface area contributed by atoms with E-state index in [-0.39, 0.29) is 0 Å². The first-order valence-corrected chi connectivity index (χ1v) is 5.13. The molecule has 0 amide bonds. The van der Waals surface area contributed by atoms with Gasteiger partial charge in [0, 0.05) is 11.6 Å². The lowest BCUT2D eigenvalue weighted by Crippen LogP contribution is -2.28. The van der Waals surface area contributed by atoms with E-state index in [0.29, 0.717) is 5.16 Å². The van der Waals surface area contributed by atoms with Crippen LogP contribution in [0.1, 0.15) is 11.1 Å². The molecule has 2 rings (SSSR count). The van der Waals surface area contributed by atoms with E-state index >= 15 is 0 Å². The van der Waals surface area contributed by atoms with Crippen LogP contribution in [0.15, 0.2) is 40.6 Å². The predicted molar refractivity (Wildman–Crippen MR) is 62.5 cm³/mol. The Kier molecular flexibility index (Phi) is 2.84. The molecular weight excluding hydrogens is 233 g/mol. The van der Waals surface area contributed by atoms with Gasteiger partial charge in [0.2, 0.25) is 0 Å². The third kappa shape index (κ3) is 2.25. The SMILES string of the molecule is Cc1ccccc1C1=NN(Cl)NC(Cl)=C1. The highest BCUT2D eigenvalue weighted by atomic mass is 35.5. The van der Waals surface area contributed by atoms with E-state index in [1.807, 2.05) is 31.2 Å². The monoisotopic (exact) mass is 241 g/mol. The molecule has 0 atom stereocenters.